The Bertz CT molecular complexity index is 1420. The number of para-hydroxylation sites is 4. The van der Waals surface area contributed by atoms with Gasteiger partial charge in [0.05, 0.1) is 0 Å². The second-order valence-electron chi connectivity index (χ2n) is 8.75. The average Bonchev–Trinajstić information content (AvgIpc) is 2.89. The van der Waals surface area contributed by atoms with E-state index in [1.807, 2.05) is 0 Å². The average molecular weight is 455 g/mol. The van der Waals surface area contributed by atoms with Crippen molar-refractivity contribution in [1.82, 2.24) is 0 Å². The van der Waals surface area contributed by atoms with Gasteiger partial charge in [0.1, 0.15) is 0 Å². The fraction of sp³-hybridized carbons (Fsp3) is 0. The van der Waals surface area contributed by atoms with Gasteiger partial charge < -0.3 is 9.80 Å². The molecule has 2 heterocycles. The van der Waals surface area contributed by atoms with Gasteiger partial charge in [-0.15, -0.1) is 0 Å². The third-order valence-electron chi connectivity index (χ3n) is 6.88. The Labute approximate surface area is 204 Å². The summed E-state index contributed by atoms with van der Waals surface area (Å²) >= 11 is 6.84. The Balaban J connectivity index is 1.60. The molecule has 34 heavy (non-hydrogen) atoms. The predicted molar refractivity (Wildman–Crippen MR) is 145 cm³/mol. The van der Waals surface area contributed by atoms with Crippen LogP contribution >= 0.6 is 11.6 Å². The van der Waals surface area contributed by atoms with E-state index in [0.717, 1.165) is 27.8 Å². The van der Waals surface area contributed by atoms with Gasteiger partial charge >= 0.3 is 0 Å². The third kappa shape index (κ3) is 2.77. The van der Waals surface area contributed by atoms with E-state index in [2.05, 4.69) is 131 Å². The quantitative estimate of drug-likeness (QED) is 0.278. The molecule has 0 saturated heterocycles. The van der Waals surface area contributed by atoms with Gasteiger partial charge in [0.15, 0.2) is 0 Å². The maximum atomic E-state index is 6.84. The van der Waals surface area contributed by atoms with Crippen LogP contribution in [0.25, 0.3) is 0 Å². The number of rotatable bonds is 2. The first-order valence-electron chi connectivity index (χ1n) is 11.5. The summed E-state index contributed by atoms with van der Waals surface area (Å²) in [4.78, 5) is 4.71. The normalized spacial score (nSPS) is 13.3. The van der Waals surface area contributed by atoms with Crippen molar-refractivity contribution in [1.29, 1.82) is 0 Å². The van der Waals surface area contributed by atoms with Gasteiger partial charge in [-0.25, -0.2) is 0 Å². The molecule has 2 aliphatic rings. The minimum atomic E-state index is 0.134. The van der Waals surface area contributed by atoms with E-state index >= 15 is 0 Å². The molecular formula is C30H20BClN2. The largest absolute Gasteiger partial charge is 0.311 e. The number of hydrogen-bond acceptors (Lipinski definition) is 2. The van der Waals surface area contributed by atoms with Gasteiger partial charge in [0.2, 0.25) is 0 Å². The Morgan fingerprint density at radius 2 is 0.882 bits per heavy atom. The van der Waals surface area contributed by atoms with Crippen LogP contribution in [-0.2, 0) is 0 Å². The molecule has 0 bridgehead atoms. The van der Waals surface area contributed by atoms with Crippen molar-refractivity contribution < 1.29 is 0 Å². The zero-order chi connectivity index (χ0) is 22.6. The van der Waals surface area contributed by atoms with Crippen LogP contribution in [0.5, 0.6) is 0 Å². The molecular weight excluding hydrogens is 435 g/mol. The van der Waals surface area contributed by atoms with E-state index in [1.54, 1.807) is 0 Å². The molecule has 0 spiro atoms. The lowest BCUT2D eigenvalue weighted by Gasteiger charge is -2.44. The Morgan fingerprint density at radius 3 is 1.35 bits per heavy atom. The number of nitrogens with zero attached hydrogens (tertiary/aromatic N) is 2. The fourth-order valence-corrected chi connectivity index (χ4v) is 5.78. The summed E-state index contributed by atoms with van der Waals surface area (Å²) in [5.74, 6) is 0. The highest BCUT2D eigenvalue weighted by molar-refractivity contribution is 7.00. The smallest absolute Gasteiger partial charge is 0.252 e. The zero-order valence-corrected chi connectivity index (χ0v) is 19.2. The number of fused-ring (bicyclic) bond motifs is 4. The standard InChI is InChI=1S/C30H20BClN2/c32-21-19-28-30-29(20-21)34(23-13-5-2-6-14-23)27-18-10-8-16-25(27)31(30)24-15-7-9-17-26(24)33(28)22-11-3-1-4-12-22/h1-20H. The molecule has 0 N–H and O–H groups in total. The lowest BCUT2D eigenvalue weighted by atomic mass is 9.33. The van der Waals surface area contributed by atoms with E-state index < -0.39 is 0 Å². The van der Waals surface area contributed by atoms with Crippen molar-refractivity contribution >= 4 is 68.8 Å². The van der Waals surface area contributed by atoms with Crippen LogP contribution in [0.1, 0.15) is 0 Å². The summed E-state index contributed by atoms with van der Waals surface area (Å²) in [5, 5.41) is 0.730. The molecule has 0 fully saturated rings. The molecule has 0 aromatic heterocycles. The molecule has 0 atom stereocenters. The van der Waals surface area contributed by atoms with Crippen LogP contribution in [0.4, 0.5) is 34.1 Å². The lowest BCUT2D eigenvalue weighted by Crippen LogP contribution is -2.61. The van der Waals surface area contributed by atoms with Crippen LogP contribution in [0.15, 0.2) is 121 Å². The van der Waals surface area contributed by atoms with Gasteiger partial charge in [0.25, 0.3) is 6.71 Å². The first-order chi connectivity index (χ1) is 16.8. The molecule has 5 aromatic rings. The zero-order valence-electron chi connectivity index (χ0n) is 18.4. The second kappa shape index (κ2) is 7.54. The maximum absolute atomic E-state index is 6.84. The Hall–Kier alpha value is -3.95. The predicted octanol–water partition coefficient (Wildman–Crippen LogP) is 6.42. The highest BCUT2D eigenvalue weighted by Crippen LogP contribution is 2.44. The van der Waals surface area contributed by atoms with Crippen molar-refractivity contribution in [3.05, 3.63) is 126 Å². The van der Waals surface area contributed by atoms with Crippen LogP contribution in [-0.4, -0.2) is 6.71 Å². The molecule has 5 aromatic carbocycles. The summed E-state index contributed by atoms with van der Waals surface area (Å²) in [6.45, 7) is 0.134. The van der Waals surface area contributed by atoms with Crippen LogP contribution in [0, 0.1) is 0 Å². The van der Waals surface area contributed by atoms with Gasteiger partial charge in [-0.3, -0.25) is 0 Å². The molecule has 7 rings (SSSR count). The summed E-state index contributed by atoms with van der Waals surface area (Å²) in [5.41, 5.74) is 10.8. The van der Waals surface area contributed by atoms with Gasteiger partial charge in [-0.2, -0.15) is 0 Å². The first kappa shape index (κ1) is 19.5. The van der Waals surface area contributed by atoms with Gasteiger partial charge in [-0.1, -0.05) is 84.4 Å². The van der Waals surface area contributed by atoms with Gasteiger partial charge in [0, 0.05) is 39.1 Å². The van der Waals surface area contributed by atoms with E-state index in [4.69, 9.17) is 11.6 Å². The monoisotopic (exact) mass is 454 g/mol. The van der Waals surface area contributed by atoms with Crippen molar-refractivity contribution in [2.24, 2.45) is 0 Å². The number of anilines is 6. The fourth-order valence-electron chi connectivity index (χ4n) is 5.57. The molecule has 0 saturated carbocycles. The van der Waals surface area contributed by atoms with Crippen LogP contribution in [0.3, 0.4) is 0 Å². The van der Waals surface area contributed by atoms with Crippen molar-refractivity contribution in [2.75, 3.05) is 9.80 Å². The number of halogens is 1. The number of hydrogen-bond donors (Lipinski definition) is 0. The van der Waals surface area contributed by atoms with Crippen LogP contribution in [0.2, 0.25) is 5.02 Å². The third-order valence-corrected chi connectivity index (χ3v) is 7.10. The maximum Gasteiger partial charge on any atom is 0.252 e. The molecule has 2 nitrogen and oxygen atoms in total. The van der Waals surface area contributed by atoms with E-state index in [0.29, 0.717) is 0 Å². The Kier molecular flexibility index (Phi) is 4.33. The van der Waals surface area contributed by atoms with Crippen molar-refractivity contribution in [3.8, 4) is 0 Å². The lowest BCUT2D eigenvalue weighted by molar-refractivity contribution is 1.25. The van der Waals surface area contributed by atoms with Crippen molar-refractivity contribution in [2.45, 2.75) is 0 Å². The first-order valence-corrected chi connectivity index (χ1v) is 11.9. The summed E-state index contributed by atoms with van der Waals surface area (Å²) in [7, 11) is 0. The summed E-state index contributed by atoms with van der Waals surface area (Å²) < 4.78 is 0. The molecule has 0 radical (unpaired) electrons. The summed E-state index contributed by atoms with van der Waals surface area (Å²) in [6, 6.07) is 42.9. The van der Waals surface area contributed by atoms with Crippen molar-refractivity contribution in [3.63, 3.8) is 0 Å². The highest BCUT2D eigenvalue weighted by Gasteiger charge is 2.43. The SMILES string of the molecule is Clc1cc2c3c(c1)N(c1ccccc1)c1ccccc1B3c1ccccc1N2c1ccccc1. The van der Waals surface area contributed by atoms with E-state index in [1.165, 1.54) is 27.8 Å². The van der Waals surface area contributed by atoms with Gasteiger partial charge in [-0.05, 0) is 64.9 Å². The molecule has 0 aliphatic carbocycles. The van der Waals surface area contributed by atoms with E-state index in [-0.39, 0.29) is 6.71 Å². The molecule has 0 unspecified atom stereocenters. The second-order valence-corrected chi connectivity index (χ2v) is 9.19. The number of benzene rings is 5. The van der Waals surface area contributed by atoms with Crippen LogP contribution < -0.4 is 26.2 Å². The topological polar surface area (TPSA) is 6.48 Å². The molecule has 4 heteroatoms. The molecule has 2 aliphatic heterocycles. The molecule has 160 valence electrons. The minimum Gasteiger partial charge on any atom is -0.311 e. The molecule has 0 amide bonds. The summed E-state index contributed by atoms with van der Waals surface area (Å²) in [6.07, 6.45) is 0. The van der Waals surface area contributed by atoms with E-state index in [9.17, 15) is 0 Å². The Morgan fingerprint density at radius 1 is 0.471 bits per heavy atom. The highest BCUT2D eigenvalue weighted by atomic mass is 35.5. The minimum absolute atomic E-state index is 0.134.